The molecule has 3 nitrogen and oxygen atoms in total. The molecule has 1 aromatic rings. The lowest BCUT2D eigenvalue weighted by Gasteiger charge is -2.21. The second-order valence-corrected chi connectivity index (χ2v) is 9.01. The molecule has 110 valence electrons. The summed E-state index contributed by atoms with van der Waals surface area (Å²) in [5, 5.41) is 0. The molecule has 2 N–H and O–H groups in total. The maximum absolute atomic E-state index is 11.6. The molecule has 0 radical (unpaired) electrons. The van der Waals surface area contributed by atoms with E-state index < -0.39 is 9.84 Å². The Morgan fingerprint density at radius 2 is 1.60 bits per heavy atom. The van der Waals surface area contributed by atoms with Gasteiger partial charge in [-0.1, -0.05) is 24.3 Å². The van der Waals surface area contributed by atoms with Gasteiger partial charge in [0.15, 0.2) is 0 Å². The van der Waals surface area contributed by atoms with Gasteiger partial charge < -0.3 is 5.73 Å². The lowest BCUT2D eigenvalue weighted by atomic mass is 9.87. The van der Waals surface area contributed by atoms with Crippen molar-refractivity contribution in [1.82, 2.24) is 0 Å². The molecule has 0 heterocycles. The third kappa shape index (κ3) is 2.40. The molecule has 0 aliphatic heterocycles. The molecule has 0 amide bonds. The van der Waals surface area contributed by atoms with E-state index in [1.807, 2.05) is 0 Å². The van der Waals surface area contributed by atoms with Gasteiger partial charge >= 0.3 is 0 Å². The highest BCUT2D eigenvalue weighted by atomic mass is 32.2. The van der Waals surface area contributed by atoms with Crippen molar-refractivity contribution in [3.05, 3.63) is 35.4 Å². The summed E-state index contributed by atoms with van der Waals surface area (Å²) in [6, 6.07) is 8.74. The first-order chi connectivity index (χ1) is 9.28. The van der Waals surface area contributed by atoms with Crippen LogP contribution in [-0.4, -0.2) is 26.5 Å². The van der Waals surface area contributed by atoms with Crippen molar-refractivity contribution >= 4 is 9.84 Å². The second-order valence-electron chi connectivity index (χ2n) is 6.87. The summed E-state index contributed by atoms with van der Waals surface area (Å²) in [6.45, 7) is 2.08. The summed E-state index contributed by atoms with van der Waals surface area (Å²) in [4.78, 5) is 0. The van der Waals surface area contributed by atoms with E-state index in [4.69, 9.17) is 5.73 Å². The van der Waals surface area contributed by atoms with Gasteiger partial charge in [-0.05, 0) is 43.7 Å². The molecule has 1 atom stereocenters. The van der Waals surface area contributed by atoms with Gasteiger partial charge in [-0.2, -0.15) is 0 Å². The van der Waals surface area contributed by atoms with Crippen LogP contribution >= 0.6 is 0 Å². The first-order valence-electron chi connectivity index (χ1n) is 7.32. The monoisotopic (exact) mass is 293 g/mol. The highest BCUT2D eigenvalue weighted by molar-refractivity contribution is 7.90. The van der Waals surface area contributed by atoms with Crippen molar-refractivity contribution in [2.75, 3.05) is 12.0 Å². The van der Waals surface area contributed by atoms with Crippen LogP contribution in [0, 0.1) is 0 Å². The minimum atomic E-state index is -2.93. The van der Waals surface area contributed by atoms with Crippen LogP contribution in [-0.2, 0) is 20.7 Å². The van der Waals surface area contributed by atoms with Crippen molar-refractivity contribution in [3.63, 3.8) is 0 Å². The number of nitrogens with two attached hydrogens (primary N) is 1. The summed E-state index contributed by atoms with van der Waals surface area (Å²) in [7, 11) is -2.93. The normalized spacial score (nSPS) is 24.1. The Labute approximate surface area is 121 Å². The molecule has 0 bridgehead atoms. The first-order valence-corrected chi connectivity index (χ1v) is 9.38. The van der Waals surface area contributed by atoms with Gasteiger partial charge in [0, 0.05) is 23.1 Å². The zero-order valence-electron chi connectivity index (χ0n) is 12.2. The minimum absolute atomic E-state index is 0.114. The average Bonchev–Trinajstić information content (AvgIpc) is 3.22. The van der Waals surface area contributed by atoms with Gasteiger partial charge in [0.1, 0.15) is 9.84 Å². The summed E-state index contributed by atoms with van der Waals surface area (Å²) in [5.74, 6) is 0.276. The lowest BCUT2D eigenvalue weighted by molar-refractivity contribution is 0.556. The largest absolute Gasteiger partial charge is 0.327 e. The SMILES string of the molecule is CC(N)C1(c2ccc(C3(CS(C)(=O)=O)CC3)cc2)CC1. The Bertz CT molecular complexity index is 608. The van der Waals surface area contributed by atoms with E-state index in [0.717, 1.165) is 12.8 Å². The predicted octanol–water partition coefficient (Wildman–Crippen LogP) is 2.14. The molecule has 2 saturated carbocycles. The van der Waals surface area contributed by atoms with Gasteiger partial charge in [0.25, 0.3) is 0 Å². The first kappa shape index (κ1) is 14.1. The average molecular weight is 293 g/mol. The second kappa shape index (κ2) is 4.31. The molecule has 2 aliphatic rings. The van der Waals surface area contributed by atoms with Crippen LogP contribution in [0.15, 0.2) is 24.3 Å². The molecule has 0 saturated heterocycles. The fourth-order valence-electron chi connectivity index (χ4n) is 3.47. The summed E-state index contributed by atoms with van der Waals surface area (Å²) in [6.07, 6.45) is 5.63. The van der Waals surface area contributed by atoms with E-state index in [9.17, 15) is 8.42 Å². The van der Waals surface area contributed by atoms with E-state index >= 15 is 0 Å². The Kier molecular flexibility index (Phi) is 3.04. The van der Waals surface area contributed by atoms with Gasteiger partial charge in [-0.25, -0.2) is 8.42 Å². The lowest BCUT2D eigenvalue weighted by Crippen LogP contribution is -2.31. The van der Waals surface area contributed by atoms with Crippen LogP contribution < -0.4 is 5.73 Å². The Morgan fingerprint density at radius 3 is 1.95 bits per heavy atom. The van der Waals surface area contributed by atoms with Crippen molar-refractivity contribution in [2.24, 2.45) is 5.73 Å². The maximum atomic E-state index is 11.6. The third-order valence-electron chi connectivity index (χ3n) is 5.12. The van der Waals surface area contributed by atoms with Crippen molar-refractivity contribution in [1.29, 1.82) is 0 Å². The number of benzene rings is 1. The summed E-state index contributed by atoms with van der Waals surface area (Å²) >= 11 is 0. The Balaban J connectivity index is 1.84. The van der Waals surface area contributed by atoms with Gasteiger partial charge in [0.05, 0.1) is 5.75 Å². The number of rotatable bonds is 5. The molecule has 0 aromatic heterocycles. The highest BCUT2D eigenvalue weighted by Gasteiger charge is 2.49. The Hall–Kier alpha value is -0.870. The van der Waals surface area contributed by atoms with Crippen LogP contribution in [0.4, 0.5) is 0 Å². The van der Waals surface area contributed by atoms with E-state index in [2.05, 4.69) is 31.2 Å². The van der Waals surface area contributed by atoms with Gasteiger partial charge in [-0.3, -0.25) is 0 Å². The smallest absolute Gasteiger partial charge is 0.148 e. The molecule has 2 fully saturated rings. The summed E-state index contributed by atoms with van der Waals surface area (Å²) < 4.78 is 23.1. The van der Waals surface area contributed by atoms with E-state index in [1.165, 1.54) is 30.2 Å². The summed E-state index contributed by atoms with van der Waals surface area (Å²) in [5.41, 5.74) is 8.65. The quantitative estimate of drug-likeness (QED) is 0.905. The molecule has 0 spiro atoms. The molecular weight excluding hydrogens is 270 g/mol. The molecule has 1 unspecified atom stereocenters. The zero-order chi connectivity index (χ0) is 14.6. The molecule has 20 heavy (non-hydrogen) atoms. The molecule has 1 aromatic carbocycles. The van der Waals surface area contributed by atoms with Crippen LogP contribution in [0.1, 0.15) is 43.7 Å². The Morgan fingerprint density at radius 1 is 1.10 bits per heavy atom. The molecule has 4 heteroatoms. The van der Waals surface area contributed by atoms with Gasteiger partial charge in [-0.15, -0.1) is 0 Å². The number of hydrogen-bond donors (Lipinski definition) is 1. The zero-order valence-corrected chi connectivity index (χ0v) is 13.0. The fraction of sp³-hybridized carbons (Fsp3) is 0.625. The van der Waals surface area contributed by atoms with Crippen LogP contribution in [0.2, 0.25) is 0 Å². The van der Waals surface area contributed by atoms with Crippen molar-refractivity contribution < 1.29 is 8.42 Å². The number of sulfone groups is 1. The topological polar surface area (TPSA) is 60.2 Å². The minimum Gasteiger partial charge on any atom is -0.327 e. The fourth-order valence-corrected chi connectivity index (χ4v) is 4.93. The van der Waals surface area contributed by atoms with Gasteiger partial charge in [0.2, 0.25) is 0 Å². The molecule has 2 aliphatic carbocycles. The van der Waals surface area contributed by atoms with Crippen LogP contribution in [0.3, 0.4) is 0 Å². The maximum Gasteiger partial charge on any atom is 0.148 e. The van der Waals surface area contributed by atoms with E-state index in [0.29, 0.717) is 0 Å². The van der Waals surface area contributed by atoms with Crippen LogP contribution in [0.5, 0.6) is 0 Å². The molecular formula is C16H23NO2S. The number of hydrogen-bond acceptors (Lipinski definition) is 3. The standard InChI is InChI=1S/C16H23NO2S/c1-12(17)16(9-10-16)14-5-3-13(4-6-14)15(7-8-15)11-20(2,18)19/h3-6,12H,7-11,17H2,1-2H3. The van der Waals surface area contributed by atoms with E-state index in [1.54, 1.807) is 0 Å². The van der Waals surface area contributed by atoms with E-state index in [-0.39, 0.29) is 22.6 Å². The highest BCUT2D eigenvalue weighted by Crippen LogP contribution is 2.52. The van der Waals surface area contributed by atoms with Crippen LogP contribution in [0.25, 0.3) is 0 Å². The predicted molar refractivity (Wildman–Crippen MR) is 81.6 cm³/mol. The van der Waals surface area contributed by atoms with Crippen molar-refractivity contribution in [3.8, 4) is 0 Å². The molecule has 3 rings (SSSR count). The van der Waals surface area contributed by atoms with Crippen molar-refractivity contribution in [2.45, 2.75) is 49.5 Å². The third-order valence-corrected chi connectivity index (χ3v) is 6.20.